The Bertz CT molecular complexity index is 458. The quantitative estimate of drug-likeness (QED) is 0.786. The van der Waals surface area contributed by atoms with E-state index < -0.39 is 0 Å². The monoisotopic (exact) mass is 247 g/mol. The fourth-order valence-electron chi connectivity index (χ4n) is 1.73. The summed E-state index contributed by atoms with van der Waals surface area (Å²) in [5.74, 6) is 2.01. The largest absolute Gasteiger partial charge is 0.493 e. The van der Waals surface area contributed by atoms with Crippen LogP contribution in [0.5, 0.6) is 17.2 Å². The molecule has 1 aromatic heterocycles. The molecule has 0 N–H and O–H groups in total. The van der Waals surface area contributed by atoms with Gasteiger partial charge in [0.15, 0.2) is 11.5 Å². The zero-order chi connectivity index (χ0) is 12.8. The van der Waals surface area contributed by atoms with E-state index in [2.05, 4.69) is 4.57 Å². The summed E-state index contributed by atoms with van der Waals surface area (Å²) < 4.78 is 18.3. The highest BCUT2D eigenvalue weighted by atomic mass is 16.5. The van der Waals surface area contributed by atoms with Crippen molar-refractivity contribution in [3.8, 4) is 17.2 Å². The maximum absolute atomic E-state index is 5.75. The van der Waals surface area contributed by atoms with Crippen LogP contribution in [0.25, 0.3) is 0 Å². The third-order valence-corrected chi connectivity index (χ3v) is 2.64. The van der Waals surface area contributed by atoms with E-state index in [-0.39, 0.29) is 0 Å². The van der Waals surface area contributed by atoms with Crippen molar-refractivity contribution in [1.82, 2.24) is 4.57 Å². The lowest BCUT2D eigenvalue weighted by molar-refractivity contribution is 0.263. The van der Waals surface area contributed by atoms with Crippen molar-refractivity contribution >= 4 is 0 Å². The zero-order valence-corrected chi connectivity index (χ0v) is 10.6. The summed E-state index contributed by atoms with van der Waals surface area (Å²) in [7, 11) is 3.24. The predicted molar refractivity (Wildman–Crippen MR) is 69.5 cm³/mol. The number of ether oxygens (including phenoxy) is 3. The van der Waals surface area contributed by atoms with Crippen molar-refractivity contribution < 1.29 is 14.2 Å². The van der Waals surface area contributed by atoms with E-state index in [9.17, 15) is 0 Å². The minimum Gasteiger partial charge on any atom is -0.493 e. The van der Waals surface area contributed by atoms with Crippen molar-refractivity contribution in [1.29, 1.82) is 0 Å². The number of benzene rings is 1. The molecule has 2 rings (SSSR count). The summed E-state index contributed by atoms with van der Waals surface area (Å²) in [6, 6.07) is 9.56. The number of rotatable bonds is 6. The lowest BCUT2D eigenvalue weighted by atomic mass is 10.3. The lowest BCUT2D eigenvalue weighted by Gasteiger charge is -2.14. The Morgan fingerprint density at radius 1 is 0.944 bits per heavy atom. The number of nitrogens with zero attached hydrogens (tertiary/aromatic N) is 1. The molecule has 4 heteroatoms. The summed E-state index contributed by atoms with van der Waals surface area (Å²) in [6.45, 7) is 1.35. The van der Waals surface area contributed by atoms with Gasteiger partial charge in [-0.05, 0) is 24.3 Å². The molecule has 0 atom stereocenters. The molecule has 0 spiro atoms. The van der Waals surface area contributed by atoms with Crippen LogP contribution >= 0.6 is 0 Å². The van der Waals surface area contributed by atoms with Gasteiger partial charge in [-0.25, -0.2) is 0 Å². The number of methoxy groups -OCH3 is 2. The predicted octanol–water partition coefficient (Wildman–Crippen LogP) is 2.58. The van der Waals surface area contributed by atoms with Crippen LogP contribution < -0.4 is 14.2 Å². The first-order chi connectivity index (χ1) is 8.85. The van der Waals surface area contributed by atoms with Gasteiger partial charge in [-0.1, -0.05) is 6.07 Å². The molecule has 0 unspecified atom stereocenters. The summed E-state index contributed by atoms with van der Waals surface area (Å²) in [5, 5.41) is 0. The van der Waals surface area contributed by atoms with Gasteiger partial charge in [0.25, 0.3) is 0 Å². The first kappa shape index (κ1) is 12.4. The number of para-hydroxylation sites is 1. The highest BCUT2D eigenvalue weighted by molar-refractivity contribution is 5.51. The molecular formula is C14H17NO3. The van der Waals surface area contributed by atoms with Gasteiger partial charge in [0.2, 0.25) is 5.75 Å². The number of aromatic nitrogens is 1. The van der Waals surface area contributed by atoms with Crippen LogP contribution in [0.4, 0.5) is 0 Å². The van der Waals surface area contributed by atoms with Gasteiger partial charge in [-0.3, -0.25) is 0 Å². The molecule has 0 aliphatic heterocycles. The fraction of sp³-hybridized carbons (Fsp3) is 0.286. The zero-order valence-electron chi connectivity index (χ0n) is 10.6. The number of hydrogen-bond acceptors (Lipinski definition) is 3. The second-order valence-electron chi connectivity index (χ2n) is 3.76. The summed E-state index contributed by atoms with van der Waals surface area (Å²) in [6.07, 6.45) is 4.01. The highest BCUT2D eigenvalue weighted by Crippen LogP contribution is 2.36. The average Bonchev–Trinajstić information content (AvgIpc) is 2.92. The minimum absolute atomic E-state index is 0.561. The molecule has 18 heavy (non-hydrogen) atoms. The van der Waals surface area contributed by atoms with Crippen molar-refractivity contribution in [2.75, 3.05) is 20.8 Å². The molecule has 0 fully saturated rings. The van der Waals surface area contributed by atoms with E-state index in [0.717, 1.165) is 6.54 Å². The first-order valence-electron chi connectivity index (χ1n) is 5.79. The second kappa shape index (κ2) is 6.00. The molecular weight excluding hydrogens is 230 g/mol. The van der Waals surface area contributed by atoms with E-state index >= 15 is 0 Å². The molecule has 0 saturated heterocycles. The molecule has 0 aliphatic carbocycles. The van der Waals surface area contributed by atoms with Crippen LogP contribution in [0.3, 0.4) is 0 Å². The van der Waals surface area contributed by atoms with Crippen LogP contribution in [0.15, 0.2) is 42.7 Å². The SMILES string of the molecule is COc1cccc(OC)c1OCCn1cccc1. The molecule has 1 heterocycles. The van der Waals surface area contributed by atoms with Gasteiger partial charge >= 0.3 is 0 Å². The lowest BCUT2D eigenvalue weighted by Crippen LogP contribution is -2.07. The Kier molecular flexibility index (Phi) is 4.12. The maximum Gasteiger partial charge on any atom is 0.203 e. The average molecular weight is 247 g/mol. The normalized spacial score (nSPS) is 10.1. The van der Waals surface area contributed by atoms with Crippen molar-refractivity contribution in [2.24, 2.45) is 0 Å². The molecule has 2 aromatic rings. The molecule has 0 amide bonds. The Morgan fingerprint density at radius 3 is 2.11 bits per heavy atom. The third-order valence-electron chi connectivity index (χ3n) is 2.64. The van der Waals surface area contributed by atoms with Gasteiger partial charge in [0.05, 0.1) is 20.8 Å². The Hall–Kier alpha value is -2.10. The molecule has 4 nitrogen and oxygen atoms in total. The van der Waals surface area contributed by atoms with Crippen molar-refractivity contribution in [2.45, 2.75) is 6.54 Å². The van der Waals surface area contributed by atoms with Crippen LogP contribution in [0.1, 0.15) is 0 Å². The smallest absolute Gasteiger partial charge is 0.203 e. The Morgan fingerprint density at radius 2 is 1.56 bits per heavy atom. The van der Waals surface area contributed by atoms with Gasteiger partial charge in [-0.15, -0.1) is 0 Å². The Balaban J connectivity index is 2.03. The first-order valence-corrected chi connectivity index (χ1v) is 5.79. The van der Waals surface area contributed by atoms with Crippen molar-refractivity contribution in [3.05, 3.63) is 42.7 Å². The maximum atomic E-state index is 5.75. The molecule has 0 aliphatic rings. The molecule has 0 radical (unpaired) electrons. The fourth-order valence-corrected chi connectivity index (χ4v) is 1.73. The number of hydrogen-bond donors (Lipinski definition) is 0. The molecule has 0 saturated carbocycles. The van der Waals surface area contributed by atoms with Crippen LogP contribution in [0.2, 0.25) is 0 Å². The molecule has 0 bridgehead atoms. The summed E-state index contributed by atoms with van der Waals surface area (Å²) in [4.78, 5) is 0. The van der Waals surface area contributed by atoms with Gasteiger partial charge in [0.1, 0.15) is 6.61 Å². The van der Waals surface area contributed by atoms with E-state index in [1.807, 2.05) is 42.7 Å². The second-order valence-corrected chi connectivity index (χ2v) is 3.76. The van der Waals surface area contributed by atoms with Crippen LogP contribution in [-0.4, -0.2) is 25.4 Å². The van der Waals surface area contributed by atoms with E-state index in [0.29, 0.717) is 23.9 Å². The topological polar surface area (TPSA) is 32.6 Å². The molecule has 96 valence electrons. The summed E-state index contributed by atoms with van der Waals surface area (Å²) >= 11 is 0. The standard InChI is InChI=1S/C14H17NO3/c1-16-12-6-5-7-13(17-2)14(12)18-11-10-15-8-3-4-9-15/h3-9H,10-11H2,1-2H3. The molecule has 1 aromatic carbocycles. The Labute approximate surface area is 107 Å². The summed E-state index contributed by atoms with van der Waals surface area (Å²) in [5.41, 5.74) is 0. The third kappa shape index (κ3) is 2.77. The van der Waals surface area contributed by atoms with E-state index in [4.69, 9.17) is 14.2 Å². The van der Waals surface area contributed by atoms with Crippen molar-refractivity contribution in [3.63, 3.8) is 0 Å². The van der Waals surface area contributed by atoms with Gasteiger partial charge < -0.3 is 18.8 Å². The minimum atomic E-state index is 0.561. The van der Waals surface area contributed by atoms with E-state index in [1.165, 1.54) is 0 Å². The van der Waals surface area contributed by atoms with Gasteiger partial charge in [0, 0.05) is 12.4 Å². The highest BCUT2D eigenvalue weighted by Gasteiger charge is 2.10. The van der Waals surface area contributed by atoms with Crippen LogP contribution in [-0.2, 0) is 6.54 Å². The van der Waals surface area contributed by atoms with Gasteiger partial charge in [-0.2, -0.15) is 0 Å². The van der Waals surface area contributed by atoms with E-state index in [1.54, 1.807) is 14.2 Å². The van der Waals surface area contributed by atoms with Crippen LogP contribution in [0, 0.1) is 0 Å².